The number of methoxy groups -OCH3 is 1. The van der Waals surface area contributed by atoms with Gasteiger partial charge in [0.1, 0.15) is 11.4 Å². The number of H-pyrrole nitrogens is 1. The Balaban J connectivity index is 1.56. The van der Waals surface area contributed by atoms with Crippen molar-refractivity contribution in [2.45, 2.75) is 25.6 Å². The molecule has 1 aromatic heterocycles. The minimum Gasteiger partial charge on any atom is -0.497 e. The number of nitrogens with zero attached hydrogens (tertiary/aromatic N) is 1. The lowest BCUT2D eigenvalue weighted by molar-refractivity contribution is -0.181. The Morgan fingerprint density at radius 2 is 1.96 bits per heavy atom. The molecule has 1 N–H and O–H groups in total. The molecule has 2 fully saturated rings. The molecule has 0 unspecified atom stereocenters. The monoisotopic (exact) mass is 330 g/mol. The van der Waals surface area contributed by atoms with Gasteiger partial charge in [0.05, 0.1) is 20.3 Å². The van der Waals surface area contributed by atoms with Crippen LogP contribution in [0.4, 0.5) is 0 Å². The topological polar surface area (TPSA) is 63.8 Å². The molecule has 4 rings (SSSR count). The van der Waals surface area contributed by atoms with Gasteiger partial charge in [0, 0.05) is 36.8 Å². The smallest absolute Gasteiger partial charge is 0.270 e. The number of aromatic amines is 1. The largest absolute Gasteiger partial charge is 0.497 e. The molecule has 128 valence electrons. The molecule has 2 aliphatic heterocycles. The quantitative estimate of drug-likeness (QED) is 0.919. The predicted molar refractivity (Wildman–Crippen MR) is 89.4 cm³/mol. The van der Waals surface area contributed by atoms with Gasteiger partial charge in [-0.05, 0) is 30.7 Å². The molecule has 1 spiro atoms. The SMILES string of the molecule is COc1ccc2[nH]c(C(=O)N3CCC4(CC3)OCCO4)c(C)c2c1. The molecular formula is C18H22N2O4. The second-order valence-electron chi connectivity index (χ2n) is 6.44. The van der Waals surface area contributed by atoms with Crippen molar-refractivity contribution >= 4 is 16.8 Å². The standard InChI is InChI=1S/C18H22N2O4/c1-12-14-11-13(22-2)3-4-15(14)19-16(12)17(21)20-7-5-18(6-8-20)23-9-10-24-18/h3-4,11,19H,5-10H2,1-2H3. The summed E-state index contributed by atoms with van der Waals surface area (Å²) in [6.07, 6.45) is 1.46. The van der Waals surface area contributed by atoms with Crippen LogP contribution in [0, 0.1) is 6.92 Å². The predicted octanol–water partition coefficient (Wildman–Crippen LogP) is 2.46. The van der Waals surface area contributed by atoms with Crippen molar-refractivity contribution < 1.29 is 19.0 Å². The van der Waals surface area contributed by atoms with Gasteiger partial charge in [-0.25, -0.2) is 0 Å². The van der Waals surface area contributed by atoms with E-state index in [1.807, 2.05) is 30.0 Å². The van der Waals surface area contributed by atoms with Crippen molar-refractivity contribution in [1.82, 2.24) is 9.88 Å². The minimum absolute atomic E-state index is 0.0375. The third-order valence-electron chi connectivity index (χ3n) is 5.11. The van der Waals surface area contributed by atoms with E-state index >= 15 is 0 Å². The third kappa shape index (κ3) is 2.46. The van der Waals surface area contributed by atoms with Gasteiger partial charge in [-0.2, -0.15) is 0 Å². The molecule has 2 saturated heterocycles. The summed E-state index contributed by atoms with van der Waals surface area (Å²) in [7, 11) is 1.64. The molecule has 2 aromatic rings. The highest BCUT2D eigenvalue weighted by Crippen LogP contribution is 2.33. The van der Waals surface area contributed by atoms with Gasteiger partial charge in [-0.3, -0.25) is 4.79 Å². The lowest BCUT2D eigenvalue weighted by Gasteiger charge is -2.37. The van der Waals surface area contributed by atoms with Gasteiger partial charge < -0.3 is 24.1 Å². The Kier molecular flexibility index (Phi) is 3.73. The number of rotatable bonds is 2. The summed E-state index contributed by atoms with van der Waals surface area (Å²) in [6, 6.07) is 5.80. The van der Waals surface area contributed by atoms with Gasteiger partial charge in [0.2, 0.25) is 0 Å². The average Bonchev–Trinajstić information content (AvgIpc) is 3.20. The summed E-state index contributed by atoms with van der Waals surface area (Å²) in [4.78, 5) is 18.1. The van der Waals surface area contributed by atoms with Crippen LogP contribution < -0.4 is 4.74 Å². The Labute approximate surface area is 140 Å². The zero-order valence-electron chi connectivity index (χ0n) is 14.1. The Morgan fingerprint density at radius 1 is 1.25 bits per heavy atom. The van der Waals surface area contributed by atoms with Crippen molar-refractivity contribution in [3.63, 3.8) is 0 Å². The molecule has 6 heteroatoms. The number of amides is 1. The van der Waals surface area contributed by atoms with E-state index in [0.717, 1.165) is 35.1 Å². The maximum atomic E-state index is 12.9. The molecule has 6 nitrogen and oxygen atoms in total. The maximum absolute atomic E-state index is 12.9. The number of aromatic nitrogens is 1. The zero-order chi connectivity index (χ0) is 16.7. The molecule has 1 amide bonds. The fraction of sp³-hybridized carbons (Fsp3) is 0.500. The second-order valence-corrected chi connectivity index (χ2v) is 6.44. The Morgan fingerprint density at radius 3 is 2.62 bits per heavy atom. The van der Waals surface area contributed by atoms with Crippen molar-refractivity contribution in [1.29, 1.82) is 0 Å². The van der Waals surface area contributed by atoms with E-state index in [-0.39, 0.29) is 5.91 Å². The van der Waals surface area contributed by atoms with E-state index in [1.54, 1.807) is 7.11 Å². The number of carbonyl (C=O) groups excluding carboxylic acids is 1. The average molecular weight is 330 g/mol. The van der Waals surface area contributed by atoms with E-state index in [1.165, 1.54) is 0 Å². The van der Waals surface area contributed by atoms with Gasteiger partial charge in [-0.15, -0.1) is 0 Å². The lowest BCUT2D eigenvalue weighted by Crippen LogP contribution is -2.47. The van der Waals surface area contributed by atoms with Crippen LogP contribution >= 0.6 is 0 Å². The molecule has 0 radical (unpaired) electrons. The Hall–Kier alpha value is -2.05. The van der Waals surface area contributed by atoms with Crippen LogP contribution in [0.2, 0.25) is 0 Å². The molecular weight excluding hydrogens is 308 g/mol. The minimum atomic E-state index is -0.459. The fourth-order valence-electron chi connectivity index (χ4n) is 3.64. The van der Waals surface area contributed by atoms with Crippen molar-refractivity contribution in [2.24, 2.45) is 0 Å². The van der Waals surface area contributed by atoms with Crippen LogP contribution in [0.5, 0.6) is 5.75 Å². The molecule has 0 atom stereocenters. The molecule has 0 aliphatic carbocycles. The van der Waals surface area contributed by atoms with E-state index < -0.39 is 5.79 Å². The highest BCUT2D eigenvalue weighted by Gasteiger charge is 2.41. The van der Waals surface area contributed by atoms with Crippen LogP contribution in [-0.2, 0) is 9.47 Å². The molecule has 1 aromatic carbocycles. The zero-order valence-corrected chi connectivity index (χ0v) is 14.1. The van der Waals surface area contributed by atoms with Crippen molar-refractivity contribution in [3.05, 3.63) is 29.5 Å². The number of likely N-dealkylation sites (tertiary alicyclic amines) is 1. The highest BCUT2D eigenvalue weighted by atomic mass is 16.7. The van der Waals surface area contributed by atoms with Crippen molar-refractivity contribution in [3.8, 4) is 5.75 Å². The summed E-state index contributed by atoms with van der Waals surface area (Å²) in [5, 5.41) is 1.02. The lowest BCUT2D eigenvalue weighted by atomic mass is 10.0. The summed E-state index contributed by atoms with van der Waals surface area (Å²) < 4.78 is 16.7. The van der Waals surface area contributed by atoms with Crippen molar-refractivity contribution in [2.75, 3.05) is 33.4 Å². The van der Waals surface area contributed by atoms with Crippen LogP contribution in [0.25, 0.3) is 10.9 Å². The van der Waals surface area contributed by atoms with Crippen LogP contribution in [-0.4, -0.2) is 55.0 Å². The summed E-state index contributed by atoms with van der Waals surface area (Å²) in [5.41, 5.74) is 2.57. The fourth-order valence-corrected chi connectivity index (χ4v) is 3.64. The first-order valence-corrected chi connectivity index (χ1v) is 8.35. The number of hydrogen-bond donors (Lipinski definition) is 1. The number of ether oxygens (including phenoxy) is 3. The number of piperidine rings is 1. The van der Waals surface area contributed by atoms with E-state index in [2.05, 4.69) is 4.98 Å². The van der Waals surface area contributed by atoms with Crippen LogP contribution in [0.15, 0.2) is 18.2 Å². The van der Waals surface area contributed by atoms with Gasteiger partial charge >= 0.3 is 0 Å². The van der Waals surface area contributed by atoms with Gasteiger partial charge in [-0.1, -0.05) is 0 Å². The van der Waals surface area contributed by atoms with E-state index in [4.69, 9.17) is 14.2 Å². The number of benzene rings is 1. The molecule has 24 heavy (non-hydrogen) atoms. The van der Waals surface area contributed by atoms with E-state index in [0.29, 0.717) is 32.0 Å². The molecule has 0 saturated carbocycles. The maximum Gasteiger partial charge on any atom is 0.270 e. The number of aryl methyl sites for hydroxylation is 1. The second kappa shape index (κ2) is 5.79. The van der Waals surface area contributed by atoms with E-state index in [9.17, 15) is 4.79 Å². The summed E-state index contributed by atoms with van der Waals surface area (Å²) in [5.74, 6) is 0.370. The normalized spacial score (nSPS) is 20.0. The molecule has 2 aliphatic rings. The Bertz CT molecular complexity index is 767. The van der Waals surface area contributed by atoms with Crippen LogP contribution in [0.1, 0.15) is 28.9 Å². The first-order valence-electron chi connectivity index (χ1n) is 8.35. The van der Waals surface area contributed by atoms with Gasteiger partial charge in [0.15, 0.2) is 5.79 Å². The highest BCUT2D eigenvalue weighted by molar-refractivity contribution is 6.01. The first-order chi connectivity index (χ1) is 11.6. The third-order valence-corrected chi connectivity index (χ3v) is 5.11. The molecule has 0 bridgehead atoms. The number of hydrogen-bond acceptors (Lipinski definition) is 4. The molecule has 3 heterocycles. The first kappa shape index (κ1) is 15.5. The van der Waals surface area contributed by atoms with Gasteiger partial charge in [0.25, 0.3) is 5.91 Å². The number of carbonyl (C=O) groups is 1. The summed E-state index contributed by atoms with van der Waals surface area (Å²) >= 11 is 0. The summed E-state index contributed by atoms with van der Waals surface area (Å²) in [6.45, 7) is 4.57. The van der Waals surface area contributed by atoms with Crippen LogP contribution in [0.3, 0.4) is 0 Å². The number of nitrogens with one attached hydrogen (secondary N) is 1. The number of fused-ring (bicyclic) bond motifs is 1.